The summed E-state index contributed by atoms with van der Waals surface area (Å²) < 4.78 is 0. The first kappa shape index (κ1) is 13.5. The molecule has 0 aliphatic carbocycles. The third-order valence-electron chi connectivity index (χ3n) is 3.24. The second-order valence-corrected chi connectivity index (χ2v) is 5.23. The average Bonchev–Trinajstić information content (AvgIpc) is 2.40. The highest BCUT2D eigenvalue weighted by atomic mass is 35.5. The maximum absolute atomic E-state index is 6.32. The lowest BCUT2D eigenvalue weighted by atomic mass is 9.94. The van der Waals surface area contributed by atoms with Gasteiger partial charge in [-0.15, -0.1) is 0 Å². The van der Waals surface area contributed by atoms with Crippen LogP contribution in [0.5, 0.6) is 0 Å². The van der Waals surface area contributed by atoms with Gasteiger partial charge in [0.1, 0.15) is 0 Å². The quantitative estimate of drug-likeness (QED) is 0.678. The molecular weight excluding hydrogens is 263 g/mol. The van der Waals surface area contributed by atoms with Crippen LogP contribution >= 0.6 is 23.2 Å². The Labute approximate surface area is 119 Å². The number of hydrogen-bond donors (Lipinski definition) is 0. The standard InChI is InChI=1S/C16H15Cl2/c1-10-14(9-13-7-5-4-6-8-13)11(2)16(18)12(3)15(10)17/h4-9H,1-3H3. The van der Waals surface area contributed by atoms with Crippen LogP contribution in [-0.2, 0) is 0 Å². The Balaban J connectivity index is 2.52. The third kappa shape index (κ3) is 2.41. The van der Waals surface area contributed by atoms with Crippen LogP contribution in [0, 0.1) is 27.2 Å². The zero-order chi connectivity index (χ0) is 13.3. The topological polar surface area (TPSA) is 0 Å². The van der Waals surface area contributed by atoms with E-state index in [2.05, 4.69) is 18.6 Å². The van der Waals surface area contributed by atoms with Gasteiger partial charge in [0.2, 0.25) is 0 Å². The van der Waals surface area contributed by atoms with E-state index in [0.29, 0.717) is 0 Å². The molecular formula is C16H15Cl2. The Hall–Kier alpha value is -0.980. The van der Waals surface area contributed by atoms with Crippen molar-refractivity contribution in [2.45, 2.75) is 20.8 Å². The maximum atomic E-state index is 6.32. The molecule has 0 unspecified atom stereocenters. The van der Waals surface area contributed by atoms with Gasteiger partial charge in [0.15, 0.2) is 0 Å². The molecule has 0 saturated heterocycles. The molecule has 93 valence electrons. The van der Waals surface area contributed by atoms with Crippen molar-refractivity contribution in [2.75, 3.05) is 0 Å². The number of rotatable bonds is 2. The number of halogens is 2. The zero-order valence-electron chi connectivity index (χ0n) is 10.7. The minimum atomic E-state index is 0.757. The third-order valence-corrected chi connectivity index (χ3v) is 4.37. The molecule has 2 heteroatoms. The van der Waals surface area contributed by atoms with Crippen molar-refractivity contribution in [3.05, 3.63) is 74.6 Å². The first-order chi connectivity index (χ1) is 8.52. The van der Waals surface area contributed by atoms with Gasteiger partial charge in [-0.05, 0) is 48.6 Å². The smallest absolute Gasteiger partial charge is 0.0482 e. The Bertz CT molecular complexity index is 542. The predicted molar refractivity (Wildman–Crippen MR) is 79.6 cm³/mol. The van der Waals surface area contributed by atoms with E-state index in [1.807, 2.05) is 39.0 Å². The van der Waals surface area contributed by atoms with Gasteiger partial charge in [0, 0.05) is 16.5 Å². The predicted octanol–water partition coefficient (Wildman–Crippen LogP) is 5.52. The molecule has 0 bridgehead atoms. The summed E-state index contributed by atoms with van der Waals surface area (Å²) >= 11 is 12.6. The summed E-state index contributed by atoms with van der Waals surface area (Å²) in [5.74, 6) is 0. The minimum absolute atomic E-state index is 0.757. The van der Waals surface area contributed by atoms with E-state index in [9.17, 15) is 0 Å². The van der Waals surface area contributed by atoms with E-state index >= 15 is 0 Å². The van der Waals surface area contributed by atoms with Gasteiger partial charge >= 0.3 is 0 Å². The lowest BCUT2D eigenvalue weighted by Crippen LogP contribution is -1.98. The Morgan fingerprint density at radius 2 is 1.28 bits per heavy atom. The molecule has 0 amide bonds. The molecule has 0 atom stereocenters. The van der Waals surface area contributed by atoms with E-state index in [1.165, 1.54) is 0 Å². The summed E-state index contributed by atoms with van der Waals surface area (Å²) in [4.78, 5) is 0. The fourth-order valence-corrected chi connectivity index (χ4v) is 2.55. The highest BCUT2D eigenvalue weighted by Crippen LogP contribution is 2.35. The lowest BCUT2D eigenvalue weighted by molar-refractivity contribution is 1.24. The van der Waals surface area contributed by atoms with Crippen molar-refractivity contribution in [3.63, 3.8) is 0 Å². The summed E-state index contributed by atoms with van der Waals surface area (Å²) in [7, 11) is 0. The van der Waals surface area contributed by atoms with Crippen molar-refractivity contribution in [1.29, 1.82) is 0 Å². The molecule has 0 fully saturated rings. The van der Waals surface area contributed by atoms with Crippen LogP contribution in [0.1, 0.15) is 27.8 Å². The molecule has 0 saturated carbocycles. The average molecular weight is 278 g/mol. The van der Waals surface area contributed by atoms with Crippen LogP contribution in [0.2, 0.25) is 10.0 Å². The van der Waals surface area contributed by atoms with Crippen LogP contribution < -0.4 is 0 Å². The highest BCUT2D eigenvalue weighted by Gasteiger charge is 2.15. The molecule has 2 rings (SSSR count). The Kier molecular flexibility index (Phi) is 3.99. The van der Waals surface area contributed by atoms with Crippen molar-refractivity contribution in [3.8, 4) is 0 Å². The SMILES string of the molecule is Cc1c(Cl)c(C)c([CH]c2ccccc2)c(C)c1Cl. The van der Waals surface area contributed by atoms with Gasteiger partial charge < -0.3 is 0 Å². The number of hydrogen-bond acceptors (Lipinski definition) is 0. The zero-order valence-corrected chi connectivity index (χ0v) is 12.2. The molecule has 18 heavy (non-hydrogen) atoms. The lowest BCUT2D eigenvalue weighted by Gasteiger charge is -2.16. The highest BCUT2D eigenvalue weighted by molar-refractivity contribution is 6.37. The molecule has 2 aromatic rings. The first-order valence-corrected chi connectivity index (χ1v) is 6.62. The van der Waals surface area contributed by atoms with Gasteiger partial charge in [0.25, 0.3) is 0 Å². The van der Waals surface area contributed by atoms with Gasteiger partial charge in [-0.1, -0.05) is 53.5 Å². The van der Waals surface area contributed by atoms with Crippen molar-refractivity contribution in [1.82, 2.24) is 0 Å². The molecule has 0 N–H and O–H groups in total. The molecule has 2 aromatic carbocycles. The molecule has 0 aliphatic heterocycles. The van der Waals surface area contributed by atoms with Crippen LogP contribution in [0.15, 0.2) is 30.3 Å². The van der Waals surface area contributed by atoms with Crippen molar-refractivity contribution >= 4 is 23.2 Å². The molecule has 0 aromatic heterocycles. The van der Waals surface area contributed by atoms with Crippen LogP contribution in [0.25, 0.3) is 0 Å². The van der Waals surface area contributed by atoms with Crippen LogP contribution in [0.3, 0.4) is 0 Å². The van der Waals surface area contributed by atoms with E-state index in [0.717, 1.165) is 37.9 Å². The van der Waals surface area contributed by atoms with Crippen molar-refractivity contribution in [2.24, 2.45) is 0 Å². The van der Waals surface area contributed by atoms with E-state index in [4.69, 9.17) is 23.2 Å². The summed E-state index contributed by atoms with van der Waals surface area (Å²) in [6, 6.07) is 10.2. The van der Waals surface area contributed by atoms with E-state index in [-0.39, 0.29) is 0 Å². The molecule has 1 radical (unpaired) electrons. The molecule has 0 spiro atoms. The fourth-order valence-electron chi connectivity index (χ4n) is 2.11. The minimum Gasteiger partial charge on any atom is -0.0837 e. The van der Waals surface area contributed by atoms with Gasteiger partial charge in [-0.3, -0.25) is 0 Å². The van der Waals surface area contributed by atoms with Gasteiger partial charge in [-0.2, -0.15) is 0 Å². The van der Waals surface area contributed by atoms with Gasteiger partial charge in [-0.25, -0.2) is 0 Å². The summed E-state index contributed by atoms with van der Waals surface area (Å²) in [6.45, 7) is 6.03. The summed E-state index contributed by atoms with van der Waals surface area (Å²) in [6.07, 6.45) is 2.13. The monoisotopic (exact) mass is 277 g/mol. The van der Waals surface area contributed by atoms with Crippen LogP contribution in [0.4, 0.5) is 0 Å². The van der Waals surface area contributed by atoms with E-state index < -0.39 is 0 Å². The molecule has 0 nitrogen and oxygen atoms in total. The normalized spacial score (nSPS) is 10.7. The molecule has 0 aliphatic rings. The molecule has 0 heterocycles. The second-order valence-electron chi connectivity index (χ2n) is 4.47. The van der Waals surface area contributed by atoms with Crippen molar-refractivity contribution < 1.29 is 0 Å². The van der Waals surface area contributed by atoms with Gasteiger partial charge in [0.05, 0.1) is 0 Å². The fraction of sp³-hybridized carbons (Fsp3) is 0.188. The second kappa shape index (κ2) is 5.34. The first-order valence-electron chi connectivity index (χ1n) is 5.87. The summed E-state index contributed by atoms with van der Waals surface area (Å²) in [5, 5.41) is 1.51. The number of benzene rings is 2. The Morgan fingerprint density at radius 3 is 1.78 bits per heavy atom. The van der Waals surface area contributed by atoms with Crippen LogP contribution in [-0.4, -0.2) is 0 Å². The Morgan fingerprint density at radius 1 is 0.778 bits per heavy atom. The van der Waals surface area contributed by atoms with E-state index in [1.54, 1.807) is 0 Å². The maximum Gasteiger partial charge on any atom is 0.0482 e. The largest absolute Gasteiger partial charge is 0.0837 e. The summed E-state index contributed by atoms with van der Waals surface area (Å²) in [5.41, 5.74) is 5.39.